The van der Waals surface area contributed by atoms with Gasteiger partial charge < -0.3 is 10.6 Å². The van der Waals surface area contributed by atoms with Crippen LogP contribution in [0.3, 0.4) is 0 Å². The maximum Gasteiger partial charge on any atom is 0.269 e. The smallest absolute Gasteiger partial charge is 0.269 e. The normalized spacial score (nSPS) is 10.2. The molecule has 0 unspecified atom stereocenters. The minimum Gasteiger partial charge on any atom is -0.354 e. The van der Waals surface area contributed by atoms with Gasteiger partial charge in [-0.2, -0.15) is 0 Å². The van der Waals surface area contributed by atoms with Crippen molar-refractivity contribution in [3.63, 3.8) is 0 Å². The number of amides is 1. The number of carbonyl (C=O) groups is 1. The third-order valence-electron chi connectivity index (χ3n) is 2.29. The fraction of sp³-hybridized carbons (Fsp3) is 0.417. The zero-order chi connectivity index (χ0) is 14.1. The molecule has 0 saturated heterocycles. The minimum atomic E-state index is -0.443. The first-order chi connectivity index (χ1) is 9.13. The highest BCUT2D eigenvalue weighted by molar-refractivity contribution is 8.00. The summed E-state index contributed by atoms with van der Waals surface area (Å²) >= 11 is 1.36. The van der Waals surface area contributed by atoms with Crippen LogP contribution in [0.4, 0.5) is 5.69 Å². The molecular weight excluding hydrogens is 266 g/mol. The molecule has 0 aromatic heterocycles. The van der Waals surface area contributed by atoms with E-state index in [2.05, 4.69) is 10.6 Å². The van der Waals surface area contributed by atoms with Crippen molar-refractivity contribution in [1.82, 2.24) is 10.6 Å². The molecule has 1 amide bonds. The van der Waals surface area contributed by atoms with E-state index in [9.17, 15) is 14.9 Å². The lowest BCUT2D eigenvalue weighted by Crippen LogP contribution is -2.32. The standard InChI is InChI=1S/C12H17N3O3S/c1-2-13-7-8-14-12(16)9-19-11-5-3-10(4-6-11)15(17)18/h3-6,13H,2,7-9H2,1H3,(H,14,16). The molecule has 0 radical (unpaired) electrons. The average molecular weight is 283 g/mol. The molecule has 0 spiro atoms. The summed E-state index contributed by atoms with van der Waals surface area (Å²) in [5.41, 5.74) is 0.0550. The maximum atomic E-state index is 11.5. The fourth-order valence-corrected chi connectivity index (χ4v) is 2.06. The highest BCUT2D eigenvalue weighted by Crippen LogP contribution is 2.20. The molecule has 0 fully saturated rings. The number of benzene rings is 1. The third-order valence-corrected chi connectivity index (χ3v) is 3.30. The van der Waals surface area contributed by atoms with Crippen LogP contribution in [0.1, 0.15) is 6.92 Å². The van der Waals surface area contributed by atoms with Crippen LogP contribution in [-0.4, -0.2) is 36.2 Å². The molecule has 6 nitrogen and oxygen atoms in total. The maximum absolute atomic E-state index is 11.5. The second-order valence-electron chi connectivity index (χ2n) is 3.74. The Morgan fingerprint density at radius 3 is 2.58 bits per heavy atom. The van der Waals surface area contributed by atoms with Gasteiger partial charge in [-0.1, -0.05) is 6.92 Å². The van der Waals surface area contributed by atoms with Crippen LogP contribution in [0.5, 0.6) is 0 Å². The van der Waals surface area contributed by atoms with Gasteiger partial charge in [0.25, 0.3) is 5.69 Å². The number of non-ortho nitro benzene ring substituents is 1. The van der Waals surface area contributed by atoms with E-state index in [0.717, 1.165) is 18.0 Å². The first kappa shape index (κ1) is 15.5. The molecule has 0 aliphatic heterocycles. The lowest BCUT2D eigenvalue weighted by atomic mass is 10.3. The van der Waals surface area contributed by atoms with Gasteiger partial charge in [-0.3, -0.25) is 14.9 Å². The van der Waals surface area contributed by atoms with Crippen molar-refractivity contribution in [3.8, 4) is 0 Å². The van der Waals surface area contributed by atoms with Gasteiger partial charge >= 0.3 is 0 Å². The van der Waals surface area contributed by atoms with E-state index in [1.165, 1.54) is 23.9 Å². The number of nitrogens with zero attached hydrogens (tertiary/aromatic N) is 1. The summed E-state index contributed by atoms with van der Waals surface area (Å²) in [7, 11) is 0. The largest absolute Gasteiger partial charge is 0.354 e. The summed E-state index contributed by atoms with van der Waals surface area (Å²) in [6, 6.07) is 6.17. The molecule has 19 heavy (non-hydrogen) atoms. The van der Waals surface area contributed by atoms with E-state index in [4.69, 9.17) is 0 Å². The SMILES string of the molecule is CCNCCNC(=O)CSc1ccc([N+](=O)[O-])cc1. The molecule has 0 aliphatic rings. The Bertz CT molecular complexity index is 423. The van der Waals surface area contributed by atoms with Crippen LogP contribution >= 0.6 is 11.8 Å². The van der Waals surface area contributed by atoms with E-state index in [1.54, 1.807) is 12.1 Å². The predicted octanol–water partition coefficient (Wildman–Crippen LogP) is 1.41. The van der Waals surface area contributed by atoms with Crippen LogP contribution in [0.15, 0.2) is 29.2 Å². The van der Waals surface area contributed by atoms with Gasteiger partial charge in [-0.25, -0.2) is 0 Å². The second kappa shape index (κ2) is 8.49. The molecular formula is C12H17N3O3S. The highest BCUT2D eigenvalue weighted by Gasteiger charge is 2.06. The monoisotopic (exact) mass is 283 g/mol. The molecule has 0 heterocycles. The number of nitro benzene ring substituents is 1. The highest BCUT2D eigenvalue weighted by atomic mass is 32.2. The molecule has 1 aromatic rings. The number of carbonyl (C=O) groups excluding carboxylic acids is 1. The van der Waals surface area contributed by atoms with Gasteiger partial charge in [0, 0.05) is 30.1 Å². The van der Waals surface area contributed by atoms with E-state index in [1.807, 2.05) is 6.92 Å². The van der Waals surface area contributed by atoms with Crippen LogP contribution in [-0.2, 0) is 4.79 Å². The summed E-state index contributed by atoms with van der Waals surface area (Å²) in [5.74, 6) is 0.269. The zero-order valence-corrected chi connectivity index (χ0v) is 11.5. The zero-order valence-electron chi connectivity index (χ0n) is 10.7. The van der Waals surface area contributed by atoms with Gasteiger partial charge in [0.2, 0.25) is 5.91 Å². The Labute approximate surface area is 116 Å². The number of rotatable bonds is 8. The van der Waals surface area contributed by atoms with E-state index in [0.29, 0.717) is 12.3 Å². The number of likely N-dealkylation sites (N-methyl/N-ethyl adjacent to an activating group) is 1. The van der Waals surface area contributed by atoms with Crippen molar-refractivity contribution in [2.24, 2.45) is 0 Å². The molecule has 1 aromatic carbocycles. The third kappa shape index (κ3) is 6.21. The summed E-state index contributed by atoms with van der Waals surface area (Å²) in [6.07, 6.45) is 0. The number of nitrogens with one attached hydrogen (secondary N) is 2. The topological polar surface area (TPSA) is 84.3 Å². The Morgan fingerprint density at radius 2 is 2.00 bits per heavy atom. The number of hydrogen-bond donors (Lipinski definition) is 2. The number of hydrogen-bond acceptors (Lipinski definition) is 5. The summed E-state index contributed by atoms with van der Waals surface area (Å²) in [4.78, 5) is 22.4. The second-order valence-corrected chi connectivity index (χ2v) is 4.79. The van der Waals surface area contributed by atoms with E-state index in [-0.39, 0.29) is 11.6 Å². The Hall–Kier alpha value is -1.60. The Morgan fingerprint density at radius 1 is 1.32 bits per heavy atom. The molecule has 1 rings (SSSR count). The van der Waals surface area contributed by atoms with Crippen LogP contribution in [0, 0.1) is 10.1 Å². The first-order valence-electron chi connectivity index (χ1n) is 5.98. The minimum absolute atomic E-state index is 0.0405. The molecule has 7 heteroatoms. The summed E-state index contributed by atoms with van der Waals surface area (Å²) in [5, 5.41) is 16.4. The van der Waals surface area contributed by atoms with Gasteiger partial charge in [0.1, 0.15) is 0 Å². The quantitative estimate of drug-likeness (QED) is 0.326. The van der Waals surface area contributed by atoms with Crippen molar-refractivity contribution in [2.75, 3.05) is 25.4 Å². The van der Waals surface area contributed by atoms with Gasteiger partial charge in [0.15, 0.2) is 0 Å². The van der Waals surface area contributed by atoms with Gasteiger partial charge in [0.05, 0.1) is 10.7 Å². The Kier molecular flexibility index (Phi) is 6.91. The Balaban J connectivity index is 2.28. The molecule has 104 valence electrons. The van der Waals surface area contributed by atoms with Crippen LogP contribution in [0.2, 0.25) is 0 Å². The average Bonchev–Trinajstić information content (AvgIpc) is 2.42. The number of thioether (sulfide) groups is 1. The molecule has 0 atom stereocenters. The van der Waals surface area contributed by atoms with E-state index < -0.39 is 4.92 Å². The van der Waals surface area contributed by atoms with Crippen LogP contribution < -0.4 is 10.6 Å². The lowest BCUT2D eigenvalue weighted by Gasteiger charge is -2.05. The molecule has 0 aliphatic carbocycles. The van der Waals surface area contributed by atoms with Gasteiger partial charge in [-0.05, 0) is 18.7 Å². The molecule has 0 bridgehead atoms. The summed E-state index contributed by atoms with van der Waals surface area (Å²) in [6.45, 7) is 4.25. The lowest BCUT2D eigenvalue weighted by molar-refractivity contribution is -0.384. The van der Waals surface area contributed by atoms with Crippen molar-refractivity contribution in [3.05, 3.63) is 34.4 Å². The van der Waals surface area contributed by atoms with E-state index >= 15 is 0 Å². The summed E-state index contributed by atoms with van der Waals surface area (Å²) < 4.78 is 0. The molecule has 2 N–H and O–H groups in total. The number of nitro groups is 1. The van der Waals surface area contributed by atoms with Crippen molar-refractivity contribution in [1.29, 1.82) is 0 Å². The fourth-order valence-electron chi connectivity index (χ4n) is 1.33. The first-order valence-corrected chi connectivity index (χ1v) is 6.96. The van der Waals surface area contributed by atoms with Crippen LogP contribution in [0.25, 0.3) is 0 Å². The predicted molar refractivity (Wildman–Crippen MR) is 75.4 cm³/mol. The van der Waals surface area contributed by atoms with Crippen molar-refractivity contribution in [2.45, 2.75) is 11.8 Å². The molecule has 0 saturated carbocycles. The van der Waals surface area contributed by atoms with Gasteiger partial charge in [-0.15, -0.1) is 11.8 Å². The van der Waals surface area contributed by atoms with Crippen molar-refractivity contribution >= 4 is 23.4 Å². The van der Waals surface area contributed by atoms with Crippen molar-refractivity contribution < 1.29 is 9.72 Å².